The molecule has 1 aromatic rings. The van der Waals surface area contributed by atoms with Gasteiger partial charge in [0.2, 0.25) is 9.05 Å². The first-order valence-corrected chi connectivity index (χ1v) is 7.63. The van der Waals surface area contributed by atoms with Gasteiger partial charge in [-0.15, -0.1) is 11.8 Å². The molecule has 86 valence electrons. The van der Waals surface area contributed by atoms with Crippen LogP contribution in [0.15, 0.2) is 23.1 Å². The van der Waals surface area contributed by atoms with Crippen LogP contribution >= 0.6 is 22.4 Å². The van der Waals surface area contributed by atoms with Crippen LogP contribution in [-0.4, -0.2) is 19.9 Å². The highest BCUT2D eigenvalue weighted by Crippen LogP contribution is 2.22. The molecular weight excluding hydrogens is 273 g/mol. The van der Waals surface area contributed by atoms with Crippen LogP contribution < -0.4 is 0 Å². The third kappa shape index (κ3) is 4.39. The molecule has 16 heavy (non-hydrogen) atoms. The SMILES string of the molecule is N#Cc1ccc(SCCS(=O)(=O)Cl)c(F)c1. The van der Waals surface area contributed by atoms with Crippen LogP contribution in [0.4, 0.5) is 4.39 Å². The van der Waals surface area contributed by atoms with E-state index in [4.69, 9.17) is 15.9 Å². The van der Waals surface area contributed by atoms with E-state index in [-0.39, 0.29) is 17.1 Å². The van der Waals surface area contributed by atoms with Gasteiger partial charge >= 0.3 is 0 Å². The fourth-order valence-electron chi connectivity index (χ4n) is 0.939. The van der Waals surface area contributed by atoms with Crippen LogP contribution in [0.3, 0.4) is 0 Å². The van der Waals surface area contributed by atoms with Crippen LogP contribution in [-0.2, 0) is 9.05 Å². The summed E-state index contributed by atoms with van der Waals surface area (Å²) in [6.45, 7) is 0. The summed E-state index contributed by atoms with van der Waals surface area (Å²) in [5.41, 5.74) is 0.229. The van der Waals surface area contributed by atoms with Crippen LogP contribution in [0.25, 0.3) is 0 Å². The third-order valence-electron chi connectivity index (χ3n) is 1.65. The molecule has 0 saturated carbocycles. The van der Waals surface area contributed by atoms with Gasteiger partial charge in [-0.2, -0.15) is 5.26 Å². The lowest BCUT2D eigenvalue weighted by Gasteiger charge is -2.01. The first-order chi connectivity index (χ1) is 7.42. The maximum atomic E-state index is 13.3. The highest BCUT2D eigenvalue weighted by atomic mass is 35.7. The average molecular weight is 280 g/mol. The molecule has 3 nitrogen and oxygen atoms in total. The molecule has 0 bridgehead atoms. The number of halogens is 2. The standard InChI is InChI=1S/C9H7ClFNO2S2/c10-16(13,14)4-3-15-9-2-1-7(6-12)5-8(9)11/h1-2,5H,3-4H2. The maximum absolute atomic E-state index is 13.3. The second-order valence-corrected chi connectivity index (χ2v) is 6.88. The quantitative estimate of drug-likeness (QED) is 0.627. The summed E-state index contributed by atoms with van der Waals surface area (Å²) in [5, 5.41) is 8.52. The summed E-state index contributed by atoms with van der Waals surface area (Å²) in [4.78, 5) is 0.305. The smallest absolute Gasteiger partial charge is 0.212 e. The molecular formula is C9H7ClFNO2S2. The molecule has 1 rings (SSSR count). The van der Waals surface area contributed by atoms with Crippen molar-refractivity contribution in [1.29, 1.82) is 5.26 Å². The number of thioether (sulfide) groups is 1. The summed E-state index contributed by atoms with van der Waals surface area (Å²) >= 11 is 1.05. The van der Waals surface area contributed by atoms with Crippen LogP contribution in [0.1, 0.15) is 5.56 Å². The Morgan fingerprint density at radius 1 is 1.50 bits per heavy atom. The molecule has 0 aliphatic rings. The van der Waals surface area contributed by atoms with E-state index in [0.717, 1.165) is 17.8 Å². The summed E-state index contributed by atoms with van der Waals surface area (Å²) in [7, 11) is 1.47. The van der Waals surface area contributed by atoms with Crippen molar-refractivity contribution in [3.63, 3.8) is 0 Å². The lowest BCUT2D eigenvalue weighted by Crippen LogP contribution is -1.99. The Bertz CT molecular complexity index is 525. The summed E-state index contributed by atoms with van der Waals surface area (Å²) in [5.74, 6) is -0.580. The molecule has 7 heteroatoms. The number of nitrogens with zero attached hydrogens (tertiary/aromatic N) is 1. The van der Waals surface area contributed by atoms with E-state index in [9.17, 15) is 12.8 Å². The van der Waals surface area contributed by atoms with Crippen molar-refractivity contribution < 1.29 is 12.8 Å². The average Bonchev–Trinajstić information content (AvgIpc) is 2.18. The maximum Gasteiger partial charge on any atom is 0.233 e. The minimum absolute atomic E-state index is 0.175. The molecule has 0 radical (unpaired) electrons. The van der Waals surface area contributed by atoms with Gasteiger partial charge in [0.25, 0.3) is 0 Å². The number of hydrogen-bond donors (Lipinski definition) is 0. The second-order valence-electron chi connectivity index (χ2n) is 2.85. The Balaban J connectivity index is 2.66. The fraction of sp³-hybridized carbons (Fsp3) is 0.222. The van der Waals surface area contributed by atoms with E-state index in [1.54, 1.807) is 0 Å². The number of benzene rings is 1. The monoisotopic (exact) mass is 279 g/mol. The van der Waals surface area contributed by atoms with Gasteiger partial charge in [0.05, 0.1) is 17.4 Å². The largest absolute Gasteiger partial charge is 0.233 e. The van der Waals surface area contributed by atoms with Crippen molar-refractivity contribution in [2.24, 2.45) is 0 Å². The van der Waals surface area contributed by atoms with Gasteiger partial charge in [-0.3, -0.25) is 0 Å². The van der Waals surface area contributed by atoms with E-state index in [0.29, 0.717) is 4.90 Å². The first kappa shape index (κ1) is 13.3. The number of nitriles is 1. The van der Waals surface area contributed by atoms with E-state index >= 15 is 0 Å². The van der Waals surface area contributed by atoms with Gasteiger partial charge in [0, 0.05) is 21.3 Å². The fourth-order valence-corrected chi connectivity index (χ4v) is 3.22. The zero-order chi connectivity index (χ0) is 12.2. The van der Waals surface area contributed by atoms with Crippen molar-refractivity contribution in [2.75, 3.05) is 11.5 Å². The minimum atomic E-state index is -3.54. The molecule has 0 N–H and O–H groups in total. The Hall–Kier alpha value is -0.770. The van der Waals surface area contributed by atoms with Gasteiger partial charge in [-0.05, 0) is 18.2 Å². The Morgan fingerprint density at radius 2 is 2.19 bits per heavy atom. The van der Waals surface area contributed by atoms with E-state index < -0.39 is 14.9 Å². The van der Waals surface area contributed by atoms with Gasteiger partial charge in [-0.25, -0.2) is 12.8 Å². The van der Waals surface area contributed by atoms with Gasteiger partial charge in [-0.1, -0.05) is 0 Å². The van der Waals surface area contributed by atoms with Crippen molar-refractivity contribution in [2.45, 2.75) is 4.90 Å². The molecule has 0 unspecified atom stereocenters. The first-order valence-electron chi connectivity index (χ1n) is 4.17. The molecule has 0 aliphatic carbocycles. The van der Waals surface area contributed by atoms with E-state index in [2.05, 4.69) is 0 Å². The molecule has 0 fully saturated rings. The third-order valence-corrected chi connectivity index (χ3v) is 4.11. The van der Waals surface area contributed by atoms with Gasteiger partial charge < -0.3 is 0 Å². The number of rotatable bonds is 4. The molecule has 0 spiro atoms. The minimum Gasteiger partial charge on any atom is -0.212 e. The zero-order valence-electron chi connectivity index (χ0n) is 7.98. The summed E-state index contributed by atoms with van der Waals surface area (Å²) in [6.07, 6.45) is 0. The molecule has 0 aromatic heterocycles. The van der Waals surface area contributed by atoms with Crippen molar-refractivity contribution in [3.8, 4) is 6.07 Å². The van der Waals surface area contributed by atoms with E-state index in [1.807, 2.05) is 6.07 Å². The Kier molecular flexibility index (Phi) is 4.59. The highest BCUT2D eigenvalue weighted by molar-refractivity contribution is 8.14. The molecule has 0 saturated heterocycles. The van der Waals surface area contributed by atoms with Crippen LogP contribution in [0.2, 0.25) is 0 Å². The van der Waals surface area contributed by atoms with Gasteiger partial charge in [0.1, 0.15) is 5.82 Å². The molecule has 0 heterocycles. The second kappa shape index (κ2) is 5.53. The number of hydrogen-bond acceptors (Lipinski definition) is 4. The predicted octanol–water partition coefficient (Wildman–Crippen LogP) is 2.36. The molecule has 0 atom stereocenters. The summed E-state index contributed by atoms with van der Waals surface area (Å²) < 4.78 is 34.5. The predicted molar refractivity (Wildman–Crippen MR) is 61.5 cm³/mol. The topological polar surface area (TPSA) is 57.9 Å². The molecule has 1 aromatic carbocycles. The van der Waals surface area contributed by atoms with Crippen molar-refractivity contribution in [3.05, 3.63) is 29.6 Å². The highest BCUT2D eigenvalue weighted by Gasteiger charge is 2.08. The van der Waals surface area contributed by atoms with Crippen molar-refractivity contribution >= 4 is 31.5 Å². The van der Waals surface area contributed by atoms with Crippen LogP contribution in [0.5, 0.6) is 0 Å². The molecule has 0 aliphatic heterocycles. The normalized spacial score (nSPS) is 11.1. The van der Waals surface area contributed by atoms with Crippen molar-refractivity contribution in [1.82, 2.24) is 0 Å². The van der Waals surface area contributed by atoms with Crippen LogP contribution in [0, 0.1) is 17.1 Å². The lowest BCUT2D eigenvalue weighted by molar-refractivity contribution is 0.601. The molecule has 0 amide bonds. The van der Waals surface area contributed by atoms with E-state index in [1.165, 1.54) is 12.1 Å². The Labute approximate surface area is 102 Å². The van der Waals surface area contributed by atoms with Gasteiger partial charge in [0.15, 0.2) is 0 Å². The summed E-state index contributed by atoms with van der Waals surface area (Å²) in [6, 6.07) is 5.83. The zero-order valence-corrected chi connectivity index (χ0v) is 10.4. The lowest BCUT2D eigenvalue weighted by atomic mass is 10.2. The Morgan fingerprint density at radius 3 is 2.69 bits per heavy atom.